The highest BCUT2D eigenvalue weighted by molar-refractivity contribution is 5.95. The van der Waals surface area contributed by atoms with E-state index >= 15 is 0 Å². The van der Waals surface area contributed by atoms with E-state index in [0.29, 0.717) is 5.82 Å². The maximum atomic E-state index is 11.7. The number of nitrogens with two attached hydrogens (primary N) is 1. The molecule has 0 saturated heterocycles. The Morgan fingerprint density at radius 2 is 2.16 bits per heavy atom. The zero-order valence-electron chi connectivity index (χ0n) is 11.5. The molecule has 0 unspecified atom stereocenters. The lowest BCUT2D eigenvalue weighted by atomic mass is 10.1. The average molecular weight is 267 g/mol. The van der Waals surface area contributed by atoms with Gasteiger partial charge in [0.2, 0.25) is 11.8 Å². The molecular weight excluding hydrogens is 246 g/mol. The van der Waals surface area contributed by atoms with Gasteiger partial charge >= 0.3 is 0 Å². The van der Waals surface area contributed by atoms with Crippen molar-refractivity contribution in [3.8, 4) is 0 Å². The lowest BCUT2D eigenvalue weighted by molar-refractivity contribution is -0.125. The van der Waals surface area contributed by atoms with Crippen LogP contribution in [0.2, 0.25) is 0 Å². The van der Waals surface area contributed by atoms with Crippen LogP contribution in [0.4, 0.5) is 5.82 Å². The zero-order chi connectivity index (χ0) is 14.4. The van der Waals surface area contributed by atoms with Gasteiger partial charge in [0.15, 0.2) is 0 Å². The van der Waals surface area contributed by atoms with E-state index < -0.39 is 6.04 Å². The molecule has 2 amide bonds. The molecule has 106 valence electrons. The Hall–Kier alpha value is -1.89. The Kier molecular flexibility index (Phi) is 5.50. The van der Waals surface area contributed by atoms with Gasteiger partial charge in [-0.2, -0.15) is 5.10 Å². The van der Waals surface area contributed by atoms with Crippen molar-refractivity contribution < 1.29 is 9.59 Å². The summed E-state index contributed by atoms with van der Waals surface area (Å²) in [5.41, 5.74) is 6.58. The molecule has 7 nitrogen and oxygen atoms in total. The van der Waals surface area contributed by atoms with Crippen LogP contribution in [0, 0.1) is 5.92 Å². The number of amides is 2. The van der Waals surface area contributed by atoms with Crippen LogP contribution in [-0.4, -0.2) is 34.6 Å². The van der Waals surface area contributed by atoms with E-state index in [1.807, 2.05) is 20.8 Å². The molecule has 5 N–H and O–H groups in total. The van der Waals surface area contributed by atoms with Crippen molar-refractivity contribution >= 4 is 17.6 Å². The first-order valence-corrected chi connectivity index (χ1v) is 6.31. The summed E-state index contributed by atoms with van der Waals surface area (Å²) in [7, 11) is 0. The van der Waals surface area contributed by atoms with E-state index in [9.17, 15) is 9.59 Å². The molecule has 0 radical (unpaired) electrons. The normalized spacial score (nSPS) is 12.3. The Morgan fingerprint density at radius 1 is 1.47 bits per heavy atom. The van der Waals surface area contributed by atoms with Crippen molar-refractivity contribution in [3.05, 3.63) is 11.8 Å². The highest BCUT2D eigenvalue weighted by atomic mass is 16.2. The number of rotatable bonds is 6. The van der Waals surface area contributed by atoms with Gasteiger partial charge in [0.25, 0.3) is 0 Å². The third-order valence-electron chi connectivity index (χ3n) is 2.81. The monoisotopic (exact) mass is 267 g/mol. The van der Waals surface area contributed by atoms with Gasteiger partial charge in [-0.3, -0.25) is 14.7 Å². The van der Waals surface area contributed by atoms with Crippen LogP contribution in [0.15, 0.2) is 6.20 Å². The summed E-state index contributed by atoms with van der Waals surface area (Å²) in [6.45, 7) is 5.55. The number of aryl methyl sites for hydroxylation is 1. The molecule has 1 rings (SSSR count). The van der Waals surface area contributed by atoms with Gasteiger partial charge in [0.1, 0.15) is 5.82 Å². The van der Waals surface area contributed by atoms with E-state index in [1.165, 1.54) is 0 Å². The summed E-state index contributed by atoms with van der Waals surface area (Å²) < 4.78 is 0. The molecule has 7 heteroatoms. The van der Waals surface area contributed by atoms with E-state index in [-0.39, 0.29) is 24.3 Å². The molecule has 0 saturated carbocycles. The first-order valence-electron chi connectivity index (χ1n) is 6.31. The number of carbonyl (C=O) groups is 2. The third kappa shape index (κ3) is 4.36. The smallest absolute Gasteiger partial charge is 0.244 e. The Bertz CT molecular complexity index is 441. The Labute approximate surface area is 112 Å². The van der Waals surface area contributed by atoms with Crippen LogP contribution in [0.25, 0.3) is 0 Å². The fourth-order valence-corrected chi connectivity index (χ4v) is 1.46. The number of H-pyrrole nitrogens is 1. The van der Waals surface area contributed by atoms with Gasteiger partial charge in [-0.05, 0) is 12.3 Å². The molecule has 1 heterocycles. The van der Waals surface area contributed by atoms with Gasteiger partial charge < -0.3 is 16.4 Å². The van der Waals surface area contributed by atoms with E-state index in [2.05, 4.69) is 20.8 Å². The van der Waals surface area contributed by atoms with Gasteiger partial charge in [-0.15, -0.1) is 0 Å². The summed E-state index contributed by atoms with van der Waals surface area (Å²) in [6.07, 6.45) is 2.42. The number of hydrogen-bond acceptors (Lipinski definition) is 4. The van der Waals surface area contributed by atoms with Crippen molar-refractivity contribution in [2.75, 3.05) is 11.9 Å². The minimum Gasteiger partial charge on any atom is -0.346 e. The van der Waals surface area contributed by atoms with Crippen molar-refractivity contribution in [1.29, 1.82) is 0 Å². The quantitative estimate of drug-likeness (QED) is 0.581. The molecular formula is C12H21N5O2. The van der Waals surface area contributed by atoms with Crippen LogP contribution >= 0.6 is 0 Å². The van der Waals surface area contributed by atoms with Gasteiger partial charge in [-0.25, -0.2) is 0 Å². The summed E-state index contributed by atoms with van der Waals surface area (Å²) >= 11 is 0. The third-order valence-corrected chi connectivity index (χ3v) is 2.81. The molecule has 1 aromatic rings. The first kappa shape index (κ1) is 15.2. The molecule has 0 aliphatic carbocycles. The lowest BCUT2D eigenvalue weighted by Gasteiger charge is -2.15. The molecule has 0 bridgehead atoms. The number of aromatic amines is 1. The number of nitrogens with zero attached hydrogens (tertiary/aromatic N) is 1. The standard InChI is InChI=1S/C12H21N5O2/c1-4-8-5-15-17-11(8)16-9(18)6-14-12(19)10(13)7(2)3/h5,7,10H,4,6,13H2,1-3H3,(H,14,19)(H2,15,16,17,18)/t10-/m0/s1. The average Bonchev–Trinajstić information content (AvgIpc) is 2.81. The number of carbonyl (C=O) groups excluding carboxylic acids is 2. The second kappa shape index (κ2) is 6.89. The van der Waals surface area contributed by atoms with Gasteiger partial charge in [0.05, 0.1) is 18.8 Å². The Morgan fingerprint density at radius 3 is 2.74 bits per heavy atom. The fourth-order valence-electron chi connectivity index (χ4n) is 1.46. The van der Waals surface area contributed by atoms with Crippen molar-refractivity contribution in [3.63, 3.8) is 0 Å². The number of nitrogens with one attached hydrogen (secondary N) is 3. The number of hydrogen-bond donors (Lipinski definition) is 4. The second-order valence-electron chi connectivity index (χ2n) is 4.66. The van der Waals surface area contributed by atoms with Crippen LogP contribution in [0.1, 0.15) is 26.3 Å². The lowest BCUT2D eigenvalue weighted by Crippen LogP contribution is -2.46. The first-order chi connectivity index (χ1) is 8.95. The van der Waals surface area contributed by atoms with Crippen LogP contribution in [0.5, 0.6) is 0 Å². The minimum atomic E-state index is -0.605. The Balaban J connectivity index is 2.42. The molecule has 1 atom stereocenters. The van der Waals surface area contributed by atoms with Crippen molar-refractivity contribution in [2.24, 2.45) is 11.7 Å². The summed E-state index contributed by atoms with van der Waals surface area (Å²) in [5, 5.41) is 11.7. The van der Waals surface area contributed by atoms with Crippen molar-refractivity contribution in [2.45, 2.75) is 33.2 Å². The topological polar surface area (TPSA) is 113 Å². The van der Waals surface area contributed by atoms with Crippen LogP contribution in [-0.2, 0) is 16.0 Å². The fraction of sp³-hybridized carbons (Fsp3) is 0.583. The van der Waals surface area contributed by atoms with E-state index in [0.717, 1.165) is 12.0 Å². The minimum absolute atomic E-state index is 0.0300. The molecule has 0 aromatic carbocycles. The number of anilines is 1. The van der Waals surface area contributed by atoms with E-state index in [4.69, 9.17) is 5.73 Å². The van der Waals surface area contributed by atoms with Gasteiger partial charge in [-0.1, -0.05) is 20.8 Å². The summed E-state index contributed by atoms with van der Waals surface area (Å²) in [6, 6.07) is -0.605. The largest absolute Gasteiger partial charge is 0.346 e. The van der Waals surface area contributed by atoms with Crippen LogP contribution < -0.4 is 16.4 Å². The summed E-state index contributed by atoms with van der Waals surface area (Å²) in [4.78, 5) is 23.2. The highest BCUT2D eigenvalue weighted by Crippen LogP contribution is 2.10. The summed E-state index contributed by atoms with van der Waals surface area (Å²) in [5.74, 6) is -0.0500. The molecule has 0 aliphatic heterocycles. The van der Waals surface area contributed by atoms with Crippen LogP contribution in [0.3, 0.4) is 0 Å². The van der Waals surface area contributed by atoms with Gasteiger partial charge in [0, 0.05) is 5.56 Å². The number of aromatic nitrogens is 2. The molecule has 0 spiro atoms. The highest BCUT2D eigenvalue weighted by Gasteiger charge is 2.17. The maximum Gasteiger partial charge on any atom is 0.244 e. The van der Waals surface area contributed by atoms with Crippen molar-refractivity contribution in [1.82, 2.24) is 15.5 Å². The maximum absolute atomic E-state index is 11.7. The van der Waals surface area contributed by atoms with E-state index in [1.54, 1.807) is 6.20 Å². The second-order valence-corrected chi connectivity index (χ2v) is 4.66. The predicted molar refractivity (Wildman–Crippen MR) is 72.4 cm³/mol. The molecule has 0 aliphatic rings. The molecule has 1 aromatic heterocycles. The predicted octanol–water partition coefficient (Wildman–Crippen LogP) is 0.0101. The molecule has 19 heavy (non-hydrogen) atoms. The SMILES string of the molecule is CCc1cn[nH]c1NC(=O)CNC(=O)[C@@H](N)C(C)C. The molecule has 0 fully saturated rings. The zero-order valence-corrected chi connectivity index (χ0v) is 11.5.